The largest absolute Gasteiger partial charge is 0.389 e. The molecule has 0 saturated carbocycles. The summed E-state index contributed by atoms with van der Waals surface area (Å²) in [7, 11) is 1.63. The Bertz CT molecular complexity index is 313. The summed E-state index contributed by atoms with van der Waals surface area (Å²) in [5.41, 5.74) is 0.860. The predicted molar refractivity (Wildman–Crippen MR) is 51.0 cm³/mol. The zero-order valence-electron chi connectivity index (χ0n) is 8.05. The molecule has 0 unspecified atom stereocenters. The minimum absolute atomic E-state index is 0.212. The van der Waals surface area contributed by atoms with Gasteiger partial charge >= 0.3 is 0 Å². The number of hydrogen-bond acceptors (Lipinski definition) is 5. The second kappa shape index (κ2) is 3.89. The van der Waals surface area contributed by atoms with Gasteiger partial charge in [0.25, 0.3) is 0 Å². The van der Waals surface area contributed by atoms with Crippen LogP contribution in [0.25, 0.3) is 0 Å². The zero-order valence-corrected chi connectivity index (χ0v) is 8.05. The molecule has 0 aliphatic carbocycles. The number of aliphatic hydroxyl groups is 1. The van der Waals surface area contributed by atoms with E-state index in [-0.39, 0.29) is 6.10 Å². The monoisotopic (exact) mass is 195 g/mol. The van der Waals surface area contributed by atoms with Crippen LogP contribution >= 0.6 is 0 Å². The number of nitrogens with zero attached hydrogens (tertiary/aromatic N) is 3. The first kappa shape index (κ1) is 9.36. The first-order valence-corrected chi connectivity index (χ1v) is 4.52. The van der Waals surface area contributed by atoms with E-state index in [2.05, 4.69) is 9.97 Å². The lowest BCUT2D eigenvalue weighted by Crippen LogP contribution is -2.51. The summed E-state index contributed by atoms with van der Waals surface area (Å²) in [6.45, 7) is 1.80. The molecule has 1 saturated heterocycles. The van der Waals surface area contributed by atoms with Gasteiger partial charge in [-0.05, 0) is 0 Å². The lowest BCUT2D eigenvalue weighted by atomic mass is 10.2. The second-order valence-corrected chi connectivity index (χ2v) is 3.36. The van der Waals surface area contributed by atoms with Crippen LogP contribution < -0.4 is 4.90 Å². The van der Waals surface area contributed by atoms with Crippen LogP contribution in [-0.4, -0.2) is 41.4 Å². The second-order valence-electron chi connectivity index (χ2n) is 3.36. The van der Waals surface area contributed by atoms with E-state index in [4.69, 9.17) is 9.84 Å². The molecule has 1 N–H and O–H groups in total. The molecule has 0 spiro atoms. The third-order valence-electron chi connectivity index (χ3n) is 2.19. The van der Waals surface area contributed by atoms with Crippen molar-refractivity contribution in [2.24, 2.45) is 0 Å². The molecule has 0 amide bonds. The van der Waals surface area contributed by atoms with Crippen LogP contribution in [0, 0.1) is 0 Å². The molecular formula is C9H13N3O2. The summed E-state index contributed by atoms with van der Waals surface area (Å²) in [5, 5.41) is 9.14. The fraction of sp³-hybridized carbons (Fsp3) is 0.556. The van der Waals surface area contributed by atoms with Gasteiger partial charge in [0.05, 0.1) is 18.4 Å². The van der Waals surface area contributed by atoms with E-state index < -0.39 is 0 Å². The third kappa shape index (κ3) is 1.83. The maximum Gasteiger partial charge on any atom is 0.132 e. The molecular weight excluding hydrogens is 182 g/mol. The highest BCUT2D eigenvalue weighted by atomic mass is 16.5. The first-order valence-electron chi connectivity index (χ1n) is 4.52. The summed E-state index contributed by atoms with van der Waals surface area (Å²) >= 11 is 0. The number of aromatic nitrogens is 2. The molecule has 14 heavy (non-hydrogen) atoms. The van der Waals surface area contributed by atoms with Crippen LogP contribution in [0.15, 0.2) is 12.4 Å². The lowest BCUT2D eigenvalue weighted by molar-refractivity contribution is 0.141. The van der Waals surface area contributed by atoms with Crippen molar-refractivity contribution >= 4 is 5.82 Å². The highest BCUT2D eigenvalue weighted by Gasteiger charge is 2.25. The Kier molecular flexibility index (Phi) is 2.60. The van der Waals surface area contributed by atoms with E-state index in [1.807, 2.05) is 11.0 Å². The van der Waals surface area contributed by atoms with Crippen LogP contribution in [0.3, 0.4) is 0 Å². The molecule has 1 aromatic heterocycles. The van der Waals surface area contributed by atoms with E-state index in [0.717, 1.165) is 11.5 Å². The summed E-state index contributed by atoms with van der Waals surface area (Å²) < 4.78 is 4.98. The van der Waals surface area contributed by atoms with E-state index >= 15 is 0 Å². The van der Waals surface area contributed by atoms with Crippen molar-refractivity contribution in [1.29, 1.82) is 0 Å². The van der Waals surface area contributed by atoms with Gasteiger partial charge in [-0.1, -0.05) is 0 Å². The van der Waals surface area contributed by atoms with Crippen LogP contribution in [0.1, 0.15) is 5.69 Å². The van der Waals surface area contributed by atoms with Gasteiger partial charge in [-0.3, -0.25) is 0 Å². The smallest absolute Gasteiger partial charge is 0.132 e. The quantitative estimate of drug-likeness (QED) is 0.724. The zero-order chi connectivity index (χ0) is 9.97. The van der Waals surface area contributed by atoms with Gasteiger partial charge in [-0.15, -0.1) is 0 Å². The Balaban J connectivity index is 2.06. The highest BCUT2D eigenvalue weighted by molar-refractivity contribution is 5.42. The number of ether oxygens (including phenoxy) is 1. The van der Waals surface area contributed by atoms with Gasteiger partial charge in [-0.2, -0.15) is 0 Å². The minimum Gasteiger partial charge on any atom is -0.389 e. The van der Waals surface area contributed by atoms with Crippen molar-refractivity contribution in [2.45, 2.75) is 12.7 Å². The molecule has 0 bridgehead atoms. The van der Waals surface area contributed by atoms with Crippen molar-refractivity contribution in [2.75, 3.05) is 25.1 Å². The van der Waals surface area contributed by atoms with Crippen molar-refractivity contribution < 1.29 is 9.84 Å². The van der Waals surface area contributed by atoms with Crippen molar-refractivity contribution in [3.63, 3.8) is 0 Å². The molecule has 1 aliphatic heterocycles. The fourth-order valence-corrected chi connectivity index (χ4v) is 1.43. The Morgan fingerprint density at radius 3 is 3.00 bits per heavy atom. The van der Waals surface area contributed by atoms with Gasteiger partial charge < -0.3 is 14.7 Å². The first-order chi connectivity index (χ1) is 6.79. The van der Waals surface area contributed by atoms with Gasteiger partial charge in [0, 0.05) is 26.3 Å². The number of rotatable bonds is 3. The van der Waals surface area contributed by atoms with Crippen molar-refractivity contribution in [3.05, 3.63) is 18.1 Å². The Labute approximate surface area is 82.4 Å². The summed E-state index contributed by atoms with van der Waals surface area (Å²) in [6.07, 6.45) is 1.31. The summed E-state index contributed by atoms with van der Waals surface area (Å²) in [5.74, 6) is 0.859. The molecule has 5 heteroatoms. The molecule has 1 aromatic rings. The van der Waals surface area contributed by atoms with Crippen LogP contribution in [0.5, 0.6) is 0 Å². The van der Waals surface area contributed by atoms with E-state index in [0.29, 0.717) is 19.7 Å². The lowest BCUT2D eigenvalue weighted by Gasteiger charge is -2.36. The molecule has 1 aliphatic rings. The van der Waals surface area contributed by atoms with E-state index in [1.54, 1.807) is 7.11 Å². The molecule has 0 aromatic carbocycles. The van der Waals surface area contributed by atoms with Crippen molar-refractivity contribution in [1.82, 2.24) is 9.97 Å². The Morgan fingerprint density at radius 1 is 1.57 bits per heavy atom. The van der Waals surface area contributed by atoms with Crippen LogP contribution in [-0.2, 0) is 11.3 Å². The SMILES string of the molecule is COCc1cc(N2CC(O)C2)ncn1. The van der Waals surface area contributed by atoms with Gasteiger partial charge in [-0.25, -0.2) is 9.97 Å². The standard InChI is InChI=1S/C9H13N3O2/c1-14-5-7-2-9(11-6-10-7)12-3-8(13)4-12/h2,6,8,13H,3-5H2,1H3. The average Bonchev–Trinajstić information content (AvgIpc) is 2.14. The molecule has 0 atom stereocenters. The minimum atomic E-state index is -0.212. The normalized spacial score (nSPS) is 16.9. The molecule has 2 heterocycles. The number of methoxy groups -OCH3 is 1. The number of anilines is 1. The molecule has 1 fully saturated rings. The Morgan fingerprint density at radius 2 is 2.36 bits per heavy atom. The van der Waals surface area contributed by atoms with Crippen LogP contribution in [0.4, 0.5) is 5.82 Å². The maximum atomic E-state index is 9.14. The third-order valence-corrected chi connectivity index (χ3v) is 2.19. The topological polar surface area (TPSA) is 58.5 Å². The van der Waals surface area contributed by atoms with Crippen molar-refractivity contribution in [3.8, 4) is 0 Å². The van der Waals surface area contributed by atoms with Crippen LogP contribution in [0.2, 0.25) is 0 Å². The maximum absolute atomic E-state index is 9.14. The van der Waals surface area contributed by atoms with E-state index in [1.165, 1.54) is 6.33 Å². The molecule has 5 nitrogen and oxygen atoms in total. The highest BCUT2D eigenvalue weighted by Crippen LogP contribution is 2.18. The fourth-order valence-electron chi connectivity index (χ4n) is 1.43. The summed E-state index contributed by atoms with van der Waals surface area (Å²) in [6, 6.07) is 1.88. The predicted octanol–water partition coefficient (Wildman–Crippen LogP) is -0.196. The average molecular weight is 195 g/mol. The van der Waals surface area contributed by atoms with E-state index in [9.17, 15) is 0 Å². The molecule has 76 valence electrons. The molecule has 0 radical (unpaired) electrons. The van der Waals surface area contributed by atoms with Gasteiger partial charge in [0.2, 0.25) is 0 Å². The number of aliphatic hydroxyl groups excluding tert-OH is 1. The summed E-state index contributed by atoms with van der Waals surface area (Å²) in [4.78, 5) is 10.2. The van der Waals surface area contributed by atoms with Gasteiger partial charge in [0.15, 0.2) is 0 Å². The number of β-amino-alcohol motifs (C(OH)–C–C–N with tert-alkyl or cyclic N) is 1. The number of hydrogen-bond donors (Lipinski definition) is 1. The molecule has 2 rings (SSSR count). The van der Waals surface area contributed by atoms with Gasteiger partial charge in [0.1, 0.15) is 12.1 Å². The Hall–Kier alpha value is -1.20.